The SMILES string of the molecule is CN(CCC[NH+]1C=C[N+](C)=C1N=Nc1cc(O)c(N)c2ccccc12)C(=O)c1cc[n+](C(=O)N(C)CCC[NH+]2C=CN(C)C2N=Nc2cc(O)c(N)c3ccccc23)cc1. The first kappa shape index (κ1) is 40.9. The molecule has 4 aromatic carbocycles. The Hall–Kier alpha value is -7.24. The first-order valence-electron chi connectivity index (χ1n) is 19.7. The van der Waals surface area contributed by atoms with Crippen molar-refractivity contribution >= 4 is 62.2 Å². The zero-order valence-electron chi connectivity index (χ0n) is 34.1. The number of pyridine rings is 1. The van der Waals surface area contributed by atoms with Crippen LogP contribution in [0.1, 0.15) is 23.2 Å². The Morgan fingerprint density at radius 2 is 1.35 bits per heavy atom. The molecule has 1 aromatic heterocycles. The Balaban J connectivity index is 0.879. The van der Waals surface area contributed by atoms with Crippen molar-refractivity contribution in [2.45, 2.75) is 19.1 Å². The lowest BCUT2D eigenvalue weighted by molar-refractivity contribution is -0.877. The third-order valence-electron chi connectivity index (χ3n) is 10.8. The van der Waals surface area contributed by atoms with Crippen LogP contribution in [0.25, 0.3) is 21.5 Å². The van der Waals surface area contributed by atoms with Crippen LogP contribution in [0.3, 0.4) is 0 Å². The van der Waals surface area contributed by atoms with Crippen LogP contribution >= 0.6 is 0 Å². The fraction of sp³-hybridized carbons (Fsp3) is 0.256. The molecule has 3 unspecified atom stereocenters. The molecule has 5 aromatic rings. The van der Waals surface area contributed by atoms with Gasteiger partial charge in [-0.1, -0.05) is 48.5 Å². The van der Waals surface area contributed by atoms with Gasteiger partial charge in [-0.15, -0.1) is 10.2 Å². The van der Waals surface area contributed by atoms with Crippen LogP contribution in [0.15, 0.2) is 130 Å². The average Bonchev–Trinajstić information content (AvgIpc) is 3.80. The summed E-state index contributed by atoms with van der Waals surface area (Å²) in [5, 5.41) is 41.9. The highest BCUT2D eigenvalue weighted by molar-refractivity contribution is 6.03. The third-order valence-corrected chi connectivity index (χ3v) is 10.8. The van der Waals surface area contributed by atoms with Crippen molar-refractivity contribution in [1.29, 1.82) is 0 Å². The molecule has 308 valence electrons. The second-order valence-corrected chi connectivity index (χ2v) is 15.0. The van der Waals surface area contributed by atoms with Gasteiger partial charge in [-0.05, 0) is 17.2 Å². The molecule has 0 bridgehead atoms. The van der Waals surface area contributed by atoms with E-state index in [1.807, 2.05) is 96.9 Å². The number of fused-ring (bicyclic) bond motifs is 2. The van der Waals surface area contributed by atoms with Gasteiger partial charge in [0.1, 0.15) is 53.3 Å². The normalized spacial score (nSPS) is 17.6. The minimum Gasteiger partial charge on any atom is -0.506 e. The summed E-state index contributed by atoms with van der Waals surface area (Å²) in [5.41, 5.74) is 14.3. The van der Waals surface area contributed by atoms with E-state index in [0.29, 0.717) is 84.1 Å². The molecular weight excluding hydrogens is 763 g/mol. The second-order valence-electron chi connectivity index (χ2n) is 15.0. The minimum atomic E-state index is -0.311. The molecule has 0 saturated carbocycles. The summed E-state index contributed by atoms with van der Waals surface area (Å²) in [6.07, 6.45) is 12.2. The van der Waals surface area contributed by atoms with E-state index >= 15 is 0 Å². The monoisotopic (exact) mass is 813 g/mol. The lowest BCUT2D eigenvalue weighted by Crippen LogP contribution is -3.11. The molecule has 2 amide bonds. The van der Waals surface area contributed by atoms with Crippen molar-refractivity contribution in [1.82, 2.24) is 14.7 Å². The van der Waals surface area contributed by atoms with Gasteiger partial charge in [-0.3, -0.25) is 9.69 Å². The van der Waals surface area contributed by atoms with Crippen molar-refractivity contribution in [3.05, 3.63) is 116 Å². The van der Waals surface area contributed by atoms with Crippen molar-refractivity contribution < 1.29 is 38.7 Å². The number of nitrogens with one attached hydrogen (secondary N) is 2. The summed E-state index contributed by atoms with van der Waals surface area (Å²) >= 11 is 0. The van der Waals surface area contributed by atoms with Gasteiger partial charge in [0.2, 0.25) is 0 Å². The number of rotatable bonds is 12. The van der Waals surface area contributed by atoms with Gasteiger partial charge in [0.15, 0.2) is 0 Å². The molecule has 17 nitrogen and oxygen atoms in total. The maximum Gasteiger partial charge on any atom is 0.524 e. The van der Waals surface area contributed by atoms with Crippen molar-refractivity contribution in [3.63, 3.8) is 0 Å². The number of benzene rings is 4. The molecule has 3 heterocycles. The van der Waals surface area contributed by atoms with Gasteiger partial charge in [-0.25, -0.2) is 4.90 Å². The zero-order valence-corrected chi connectivity index (χ0v) is 34.1. The number of carbonyl (C=O) groups excluding carboxylic acids is 2. The van der Waals surface area contributed by atoms with Gasteiger partial charge < -0.3 is 31.5 Å². The van der Waals surface area contributed by atoms with Crippen LogP contribution in [-0.2, 0) is 0 Å². The molecule has 8 N–H and O–H groups in total. The average molecular weight is 814 g/mol. The van der Waals surface area contributed by atoms with Crippen molar-refractivity contribution in [2.75, 3.05) is 65.8 Å². The van der Waals surface area contributed by atoms with E-state index in [9.17, 15) is 19.8 Å². The summed E-state index contributed by atoms with van der Waals surface area (Å²) in [7, 11) is 7.34. The van der Waals surface area contributed by atoms with Crippen LogP contribution in [-0.4, -0.2) is 108 Å². The summed E-state index contributed by atoms with van der Waals surface area (Å²) < 4.78 is 3.36. The van der Waals surface area contributed by atoms with Crippen LogP contribution in [0.2, 0.25) is 0 Å². The number of nitrogens with two attached hydrogens (primary N) is 2. The lowest BCUT2D eigenvalue weighted by atomic mass is 10.1. The summed E-state index contributed by atoms with van der Waals surface area (Å²) in [5.74, 6) is 0.454. The number of aromatic hydroxyl groups is 2. The Morgan fingerprint density at radius 3 is 1.98 bits per heavy atom. The van der Waals surface area contributed by atoms with Crippen LogP contribution < -0.4 is 25.8 Å². The maximum absolute atomic E-state index is 13.3. The third kappa shape index (κ3) is 8.62. The number of nitrogens with zero attached hydrogens (tertiary/aromatic N) is 9. The quantitative estimate of drug-likeness (QED) is 0.0481. The van der Waals surface area contributed by atoms with Crippen LogP contribution in [0.5, 0.6) is 11.5 Å². The topological polar surface area (TPSA) is 202 Å². The highest BCUT2D eigenvalue weighted by atomic mass is 16.3. The number of carbonyl (C=O) groups is 2. The van der Waals surface area contributed by atoms with E-state index in [2.05, 4.69) is 20.5 Å². The number of phenols is 2. The molecule has 3 atom stereocenters. The maximum atomic E-state index is 13.3. The molecule has 60 heavy (non-hydrogen) atoms. The molecular formula is C43H51N13O4+4. The fourth-order valence-electron chi connectivity index (χ4n) is 7.36. The number of hydrogen-bond donors (Lipinski definition) is 6. The Bertz CT molecular complexity index is 2590. The van der Waals surface area contributed by atoms with Crippen LogP contribution in [0, 0.1) is 0 Å². The highest BCUT2D eigenvalue weighted by Gasteiger charge is 2.32. The Labute approximate surface area is 347 Å². The smallest absolute Gasteiger partial charge is 0.506 e. The summed E-state index contributed by atoms with van der Waals surface area (Å²) in [6.45, 7) is 2.37. The number of aromatic nitrogens is 1. The number of hydrogen-bond acceptors (Lipinski definition) is 11. The van der Waals surface area contributed by atoms with E-state index in [4.69, 9.17) is 11.5 Å². The first-order chi connectivity index (χ1) is 28.9. The van der Waals surface area contributed by atoms with E-state index < -0.39 is 0 Å². The van der Waals surface area contributed by atoms with E-state index in [0.717, 1.165) is 20.6 Å². The number of guanidine groups is 1. The largest absolute Gasteiger partial charge is 0.524 e. The van der Waals surface area contributed by atoms with E-state index in [-0.39, 0.29) is 29.7 Å². The number of quaternary nitrogens is 2. The number of nitrogen functional groups attached to an aromatic ring is 2. The molecule has 2 aliphatic rings. The van der Waals surface area contributed by atoms with Gasteiger partial charge in [0, 0.05) is 72.7 Å². The zero-order chi connectivity index (χ0) is 42.5. The van der Waals surface area contributed by atoms with Crippen LogP contribution in [0.4, 0.5) is 27.5 Å². The summed E-state index contributed by atoms with van der Waals surface area (Å²) in [6, 6.07) is 21.1. The standard InChI is InChI=1S/C43H47N13O4/c1-50(17-9-19-54-25-23-51(2)41(54)48-46-34-27-36(57)38(44)32-13-7-5-11-30(32)34)40(59)29-15-21-56(22-16-29)43(60)53(4)18-10-20-55-26-24-52(3)42(55)49-47-35-28-37(58)39(45)33-14-8-6-12-31(33)35/h5-8,11-16,21-28,42,44-45H,9-10,17-20H2,1-4H3,(H2,46,57,59)/p+4. The number of azo groups is 2. The lowest BCUT2D eigenvalue weighted by Gasteiger charge is -2.21. The molecule has 17 heteroatoms. The highest BCUT2D eigenvalue weighted by Crippen LogP contribution is 2.38. The fourth-order valence-corrected chi connectivity index (χ4v) is 7.36. The number of phenolic OH excluding ortho intramolecular Hbond substituents is 2. The molecule has 0 fully saturated rings. The Morgan fingerprint density at radius 1 is 0.783 bits per heavy atom. The molecule has 0 aliphatic carbocycles. The van der Waals surface area contributed by atoms with Gasteiger partial charge in [-0.2, -0.15) is 18.8 Å². The predicted molar refractivity (Wildman–Crippen MR) is 228 cm³/mol. The molecule has 0 saturated heterocycles. The first-order valence-corrected chi connectivity index (χ1v) is 19.7. The molecule has 0 spiro atoms. The van der Waals surface area contributed by atoms with E-state index in [1.54, 1.807) is 48.4 Å². The minimum absolute atomic E-state index is 0.0382. The number of amides is 2. The second kappa shape index (κ2) is 17.7. The van der Waals surface area contributed by atoms with Gasteiger partial charge in [0.05, 0.1) is 57.0 Å². The molecule has 0 radical (unpaired) electrons. The van der Waals surface area contributed by atoms with Gasteiger partial charge in [0.25, 0.3) is 12.2 Å². The van der Waals surface area contributed by atoms with E-state index in [1.165, 1.54) is 16.7 Å². The van der Waals surface area contributed by atoms with Crippen molar-refractivity contribution in [2.24, 2.45) is 20.5 Å². The van der Waals surface area contributed by atoms with Crippen molar-refractivity contribution in [3.8, 4) is 11.5 Å². The Kier molecular flexibility index (Phi) is 12.1. The summed E-state index contributed by atoms with van der Waals surface area (Å²) in [4.78, 5) is 34.0. The molecule has 2 aliphatic heterocycles. The number of anilines is 2. The molecule has 7 rings (SSSR count). The predicted octanol–water partition coefficient (Wildman–Crippen LogP) is 3.13. The van der Waals surface area contributed by atoms with Gasteiger partial charge >= 0.3 is 12.0 Å².